The normalized spacial score (nSPS) is 10.8. The van der Waals surface area contributed by atoms with Gasteiger partial charge in [0.1, 0.15) is 11.5 Å². The largest absolute Gasteiger partial charge is 0.338 e. The summed E-state index contributed by atoms with van der Waals surface area (Å²) in [6, 6.07) is 17.9. The maximum absolute atomic E-state index is 12.4. The van der Waals surface area contributed by atoms with Gasteiger partial charge in [-0.15, -0.1) is 0 Å². The van der Waals surface area contributed by atoms with Gasteiger partial charge in [0.25, 0.3) is 11.5 Å². The van der Waals surface area contributed by atoms with Gasteiger partial charge < -0.3 is 10.3 Å². The van der Waals surface area contributed by atoms with Crippen LogP contribution in [0.2, 0.25) is 0 Å². The molecule has 26 heavy (non-hydrogen) atoms. The van der Waals surface area contributed by atoms with Crippen molar-refractivity contribution in [2.24, 2.45) is 7.05 Å². The molecule has 0 saturated heterocycles. The highest BCUT2D eigenvalue weighted by Gasteiger charge is 2.11. The lowest BCUT2D eigenvalue weighted by molar-refractivity contribution is 0.102. The number of hydrogen-bond acceptors (Lipinski definition) is 4. The first-order valence-corrected chi connectivity index (χ1v) is 8.01. The van der Waals surface area contributed by atoms with Crippen LogP contribution < -0.4 is 10.9 Å². The number of hydrogen-bond donors (Lipinski definition) is 2. The Labute approximate surface area is 148 Å². The molecule has 7 nitrogen and oxygen atoms in total. The Morgan fingerprint density at radius 3 is 2.73 bits per heavy atom. The third kappa shape index (κ3) is 2.98. The Balaban J connectivity index is 1.62. The zero-order chi connectivity index (χ0) is 18.1. The molecule has 0 aliphatic rings. The molecular formula is C19H15N5O2. The van der Waals surface area contributed by atoms with Crippen LogP contribution in [-0.4, -0.2) is 25.7 Å². The summed E-state index contributed by atoms with van der Waals surface area (Å²) in [4.78, 5) is 31.6. The highest BCUT2D eigenvalue weighted by Crippen LogP contribution is 2.23. The number of imidazole rings is 1. The van der Waals surface area contributed by atoms with Crippen molar-refractivity contribution in [1.82, 2.24) is 19.7 Å². The minimum Gasteiger partial charge on any atom is -0.338 e. The molecule has 0 unspecified atom stereocenters. The van der Waals surface area contributed by atoms with Crippen molar-refractivity contribution in [1.29, 1.82) is 0 Å². The Kier molecular flexibility index (Phi) is 3.81. The molecule has 0 aliphatic carbocycles. The number of aromatic amines is 1. The van der Waals surface area contributed by atoms with Crippen molar-refractivity contribution in [2.45, 2.75) is 0 Å². The first-order chi connectivity index (χ1) is 12.6. The van der Waals surface area contributed by atoms with Gasteiger partial charge in [-0.1, -0.05) is 24.3 Å². The van der Waals surface area contributed by atoms with E-state index in [1.54, 1.807) is 6.07 Å². The van der Waals surface area contributed by atoms with Gasteiger partial charge in [-0.25, -0.2) is 9.67 Å². The number of benzene rings is 2. The molecule has 4 aromatic rings. The smallest absolute Gasteiger partial charge is 0.276 e. The Hall–Kier alpha value is -3.74. The highest BCUT2D eigenvalue weighted by atomic mass is 16.2. The lowest BCUT2D eigenvalue weighted by atomic mass is 10.2. The molecule has 0 spiro atoms. The summed E-state index contributed by atoms with van der Waals surface area (Å²) in [6.45, 7) is 0. The van der Waals surface area contributed by atoms with Gasteiger partial charge >= 0.3 is 0 Å². The first kappa shape index (κ1) is 15.8. The highest BCUT2D eigenvalue weighted by molar-refractivity contribution is 6.03. The zero-order valence-corrected chi connectivity index (χ0v) is 13.9. The van der Waals surface area contributed by atoms with E-state index in [0.29, 0.717) is 5.69 Å². The standard InChI is InChI=1S/C19H15N5O2/c1-24-17(25)10-9-16(23-24)19(26)20-13-6-4-5-12(11-13)18-21-14-7-2-3-8-15(14)22-18/h2-11H,1H3,(H,20,26)(H,21,22). The SMILES string of the molecule is Cn1nc(C(=O)Nc2cccc(-c3nc4ccccc4[nH]3)c2)ccc1=O. The number of carbonyl (C=O) groups is 1. The number of nitrogens with zero attached hydrogens (tertiary/aromatic N) is 3. The molecule has 2 heterocycles. The van der Waals surface area contributed by atoms with E-state index < -0.39 is 0 Å². The molecule has 1 amide bonds. The molecule has 7 heteroatoms. The van der Waals surface area contributed by atoms with Crippen LogP contribution in [0.5, 0.6) is 0 Å². The van der Waals surface area contributed by atoms with Gasteiger partial charge in [-0.3, -0.25) is 9.59 Å². The molecule has 2 N–H and O–H groups in total. The predicted molar refractivity (Wildman–Crippen MR) is 99.0 cm³/mol. The van der Waals surface area contributed by atoms with E-state index in [4.69, 9.17) is 0 Å². The first-order valence-electron chi connectivity index (χ1n) is 8.01. The molecule has 4 rings (SSSR count). The van der Waals surface area contributed by atoms with Crippen LogP contribution in [-0.2, 0) is 7.05 Å². The Bertz CT molecular complexity index is 1140. The second-order valence-corrected chi connectivity index (χ2v) is 5.82. The zero-order valence-electron chi connectivity index (χ0n) is 13.9. The summed E-state index contributed by atoms with van der Waals surface area (Å²) < 4.78 is 1.12. The van der Waals surface area contributed by atoms with Crippen molar-refractivity contribution < 1.29 is 4.79 Å². The number of para-hydroxylation sites is 2. The van der Waals surface area contributed by atoms with Crippen molar-refractivity contribution >= 4 is 22.6 Å². The third-order valence-corrected chi connectivity index (χ3v) is 3.98. The Morgan fingerprint density at radius 2 is 1.92 bits per heavy atom. The van der Waals surface area contributed by atoms with E-state index in [-0.39, 0.29) is 17.2 Å². The van der Waals surface area contributed by atoms with Crippen LogP contribution in [0.25, 0.3) is 22.4 Å². The predicted octanol–water partition coefficient (Wildman–Crippen LogP) is 2.58. The average Bonchev–Trinajstić information content (AvgIpc) is 3.08. The second kappa shape index (κ2) is 6.29. The van der Waals surface area contributed by atoms with E-state index in [9.17, 15) is 9.59 Å². The number of fused-ring (bicyclic) bond motifs is 1. The summed E-state index contributed by atoms with van der Waals surface area (Å²) in [5, 5.41) is 6.74. The molecule has 0 atom stereocenters. The van der Waals surface area contributed by atoms with Gasteiger partial charge in [0.15, 0.2) is 0 Å². The Morgan fingerprint density at radius 1 is 1.08 bits per heavy atom. The minimum atomic E-state index is -0.387. The van der Waals surface area contributed by atoms with E-state index in [1.165, 1.54) is 19.2 Å². The molecular weight excluding hydrogens is 330 g/mol. The molecule has 0 saturated carbocycles. The van der Waals surface area contributed by atoms with Gasteiger partial charge in [-0.05, 0) is 30.3 Å². The van der Waals surface area contributed by atoms with Crippen molar-refractivity contribution in [2.75, 3.05) is 5.32 Å². The fourth-order valence-corrected chi connectivity index (χ4v) is 2.65. The number of amides is 1. The van der Waals surface area contributed by atoms with Crippen molar-refractivity contribution in [3.63, 3.8) is 0 Å². The third-order valence-electron chi connectivity index (χ3n) is 3.98. The fourth-order valence-electron chi connectivity index (χ4n) is 2.65. The lowest BCUT2D eigenvalue weighted by Crippen LogP contribution is -2.23. The summed E-state index contributed by atoms with van der Waals surface area (Å²) >= 11 is 0. The van der Waals surface area contributed by atoms with Crippen LogP contribution >= 0.6 is 0 Å². The van der Waals surface area contributed by atoms with Gasteiger partial charge in [0.2, 0.25) is 0 Å². The van der Waals surface area contributed by atoms with E-state index in [0.717, 1.165) is 27.1 Å². The molecule has 0 fully saturated rings. The fraction of sp³-hybridized carbons (Fsp3) is 0.0526. The number of rotatable bonds is 3. The van der Waals surface area contributed by atoms with Gasteiger partial charge in [0, 0.05) is 24.4 Å². The number of aromatic nitrogens is 4. The molecule has 128 valence electrons. The number of aryl methyl sites for hydroxylation is 1. The van der Waals surface area contributed by atoms with Crippen molar-refractivity contribution in [3.8, 4) is 11.4 Å². The molecule has 0 bridgehead atoms. The van der Waals surface area contributed by atoms with Crippen LogP contribution in [0.15, 0.2) is 65.5 Å². The van der Waals surface area contributed by atoms with Crippen LogP contribution in [0, 0.1) is 0 Å². The summed E-state index contributed by atoms with van der Waals surface area (Å²) in [6.07, 6.45) is 0. The van der Waals surface area contributed by atoms with Crippen LogP contribution in [0.1, 0.15) is 10.5 Å². The van der Waals surface area contributed by atoms with Gasteiger partial charge in [0.05, 0.1) is 11.0 Å². The number of anilines is 1. The van der Waals surface area contributed by atoms with Crippen LogP contribution in [0.3, 0.4) is 0 Å². The van der Waals surface area contributed by atoms with E-state index >= 15 is 0 Å². The number of H-pyrrole nitrogens is 1. The molecule has 0 radical (unpaired) electrons. The minimum absolute atomic E-state index is 0.168. The summed E-state index contributed by atoms with van der Waals surface area (Å²) in [5.74, 6) is 0.338. The van der Waals surface area contributed by atoms with Crippen molar-refractivity contribution in [3.05, 3.63) is 76.7 Å². The number of nitrogens with one attached hydrogen (secondary N) is 2. The van der Waals surface area contributed by atoms with Gasteiger partial charge in [-0.2, -0.15) is 5.10 Å². The molecule has 0 aliphatic heterocycles. The lowest BCUT2D eigenvalue weighted by Gasteiger charge is -2.06. The van der Waals surface area contributed by atoms with Crippen LogP contribution in [0.4, 0.5) is 5.69 Å². The summed E-state index contributed by atoms with van der Waals surface area (Å²) in [7, 11) is 1.50. The topological polar surface area (TPSA) is 92.7 Å². The van der Waals surface area contributed by atoms with E-state index in [1.807, 2.05) is 42.5 Å². The average molecular weight is 345 g/mol. The molecule has 2 aromatic carbocycles. The maximum Gasteiger partial charge on any atom is 0.276 e. The monoisotopic (exact) mass is 345 g/mol. The summed E-state index contributed by atoms with van der Waals surface area (Å²) in [5.41, 5.74) is 3.20. The molecule has 2 aromatic heterocycles. The maximum atomic E-state index is 12.4. The number of carbonyl (C=O) groups excluding carboxylic acids is 1. The van der Waals surface area contributed by atoms with E-state index in [2.05, 4.69) is 20.4 Å². The quantitative estimate of drug-likeness (QED) is 0.597. The second-order valence-electron chi connectivity index (χ2n) is 5.82.